The van der Waals surface area contributed by atoms with Crippen molar-refractivity contribution in [1.29, 1.82) is 0 Å². The molecule has 0 spiro atoms. The summed E-state index contributed by atoms with van der Waals surface area (Å²) >= 11 is 1.54. The summed E-state index contributed by atoms with van der Waals surface area (Å²) in [5.74, 6) is 0.916. The molecule has 1 aromatic carbocycles. The Hall–Kier alpha value is -1.81. The van der Waals surface area contributed by atoms with Gasteiger partial charge in [-0.1, -0.05) is 12.1 Å². The molecule has 2 aromatic rings. The Morgan fingerprint density at radius 1 is 1.38 bits per heavy atom. The highest BCUT2D eigenvalue weighted by molar-refractivity contribution is 7.21. The number of hydrogen-bond donors (Lipinski definition) is 0. The summed E-state index contributed by atoms with van der Waals surface area (Å²) < 4.78 is 6.55. The Kier molecular flexibility index (Phi) is 5.02. The predicted molar refractivity (Wildman–Crippen MR) is 89.5 cm³/mol. The van der Waals surface area contributed by atoms with E-state index in [0.717, 1.165) is 26.3 Å². The summed E-state index contributed by atoms with van der Waals surface area (Å²) in [5, 5.41) is 1.04. The third-order valence-corrected chi connectivity index (χ3v) is 4.77. The molecule has 0 radical (unpaired) electrons. The quantitative estimate of drug-likeness (QED) is 0.751. The number of ether oxygens (including phenoxy) is 1. The van der Waals surface area contributed by atoms with E-state index >= 15 is 0 Å². The Morgan fingerprint density at radius 3 is 2.67 bits per heavy atom. The van der Waals surface area contributed by atoms with Crippen LogP contribution in [0.15, 0.2) is 30.9 Å². The third-order valence-electron chi connectivity index (χ3n) is 3.59. The molecule has 0 saturated carbocycles. The highest BCUT2D eigenvalue weighted by atomic mass is 32.1. The second-order valence-corrected chi connectivity index (χ2v) is 5.77. The maximum absolute atomic E-state index is 12.7. The van der Waals surface area contributed by atoms with Crippen molar-refractivity contribution in [2.75, 3.05) is 20.2 Å². The van der Waals surface area contributed by atoms with Crippen molar-refractivity contribution in [3.8, 4) is 5.75 Å². The van der Waals surface area contributed by atoms with E-state index in [4.69, 9.17) is 4.74 Å². The molecule has 1 amide bonds. The molecule has 3 nitrogen and oxygen atoms in total. The lowest BCUT2D eigenvalue weighted by Gasteiger charge is -2.18. The molecule has 0 atom stereocenters. The smallest absolute Gasteiger partial charge is 0.264 e. The van der Waals surface area contributed by atoms with Crippen LogP contribution in [0, 0.1) is 0 Å². The lowest BCUT2D eigenvalue weighted by Crippen LogP contribution is -2.30. The number of benzene rings is 1. The molecule has 1 heterocycles. The first-order valence-electron chi connectivity index (χ1n) is 7.16. The number of fused-ring (bicyclic) bond motifs is 1. The van der Waals surface area contributed by atoms with Crippen LogP contribution in [0.25, 0.3) is 10.1 Å². The van der Waals surface area contributed by atoms with Crippen LogP contribution in [0.1, 0.15) is 29.1 Å². The zero-order chi connectivity index (χ0) is 15.4. The SMILES string of the molecule is C=CCc1c(C(=O)N(CC)CC)sc2cccc(OC)c12. The fraction of sp³-hybridized carbons (Fsp3) is 0.353. The summed E-state index contributed by atoms with van der Waals surface area (Å²) in [7, 11) is 1.66. The van der Waals surface area contributed by atoms with E-state index in [2.05, 4.69) is 6.58 Å². The minimum absolute atomic E-state index is 0.0973. The number of nitrogens with zero attached hydrogens (tertiary/aromatic N) is 1. The van der Waals surface area contributed by atoms with Gasteiger partial charge in [-0.25, -0.2) is 0 Å². The third kappa shape index (κ3) is 2.81. The van der Waals surface area contributed by atoms with Crippen LogP contribution in [0.2, 0.25) is 0 Å². The highest BCUT2D eigenvalue weighted by Crippen LogP contribution is 2.38. The van der Waals surface area contributed by atoms with Crippen molar-refractivity contribution in [1.82, 2.24) is 4.90 Å². The standard InChI is InChI=1S/C17H21NO2S/c1-5-9-12-15-13(20-4)10-8-11-14(15)21-16(12)17(19)18(6-2)7-3/h5,8,10-11H,1,6-7,9H2,2-4H3. The Balaban J connectivity index is 2.65. The number of amides is 1. The molecule has 0 fully saturated rings. The molecule has 1 aromatic heterocycles. The van der Waals surface area contributed by atoms with Gasteiger partial charge in [0.05, 0.1) is 12.0 Å². The van der Waals surface area contributed by atoms with Crippen molar-refractivity contribution < 1.29 is 9.53 Å². The van der Waals surface area contributed by atoms with E-state index in [0.29, 0.717) is 19.5 Å². The van der Waals surface area contributed by atoms with Crippen LogP contribution in [0.3, 0.4) is 0 Å². The molecular formula is C17H21NO2S. The van der Waals surface area contributed by atoms with Gasteiger partial charge < -0.3 is 9.64 Å². The Morgan fingerprint density at radius 2 is 2.10 bits per heavy atom. The Labute approximate surface area is 129 Å². The molecule has 0 unspecified atom stereocenters. The summed E-state index contributed by atoms with van der Waals surface area (Å²) in [5.41, 5.74) is 1.03. The summed E-state index contributed by atoms with van der Waals surface area (Å²) in [4.78, 5) is 15.4. The average molecular weight is 303 g/mol. The number of carbonyl (C=O) groups is 1. The molecule has 2 rings (SSSR count). The van der Waals surface area contributed by atoms with Gasteiger partial charge in [0.15, 0.2) is 0 Å². The van der Waals surface area contributed by atoms with Gasteiger partial charge in [-0.2, -0.15) is 0 Å². The van der Waals surface area contributed by atoms with Gasteiger partial charge in [-0.05, 0) is 38.0 Å². The lowest BCUT2D eigenvalue weighted by molar-refractivity contribution is 0.0777. The topological polar surface area (TPSA) is 29.5 Å². The zero-order valence-electron chi connectivity index (χ0n) is 12.8. The van der Waals surface area contributed by atoms with Gasteiger partial charge in [-0.15, -0.1) is 17.9 Å². The van der Waals surface area contributed by atoms with Crippen LogP contribution in [0.4, 0.5) is 0 Å². The molecule has 112 valence electrons. The predicted octanol–water partition coefficient (Wildman–Crippen LogP) is 4.12. The molecule has 0 saturated heterocycles. The number of hydrogen-bond acceptors (Lipinski definition) is 3. The molecule has 4 heteroatoms. The second-order valence-electron chi connectivity index (χ2n) is 4.71. The summed E-state index contributed by atoms with van der Waals surface area (Å²) in [6.45, 7) is 9.26. The number of methoxy groups -OCH3 is 1. The molecule has 0 aliphatic carbocycles. The monoisotopic (exact) mass is 303 g/mol. The highest BCUT2D eigenvalue weighted by Gasteiger charge is 2.22. The summed E-state index contributed by atoms with van der Waals surface area (Å²) in [6.07, 6.45) is 2.51. The maximum Gasteiger partial charge on any atom is 0.264 e. The van der Waals surface area contributed by atoms with E-state index in [9.17, 15) is 4.79 Å². The number of rotatable bonds is 6. The average Bonchev–Trinajstić information content (AvgIpc) is 2.87. The van der Waals surface area contributed by atoms with E-state index in [1.807, 2.05) is 43.0 Å². The molecule has 0 bridgehead atoms. The van der Waals surface area contributed by atoms with Gasteiger partial charge in [0.25, 0.3) is 5.91 Å². The van der Waals surface area contributed by atoms with Crippen LogP contribution < -0.4 is 4.74 Å². The Bertz CT molecular complexity index is 656. The van der Waals surface area contributed by atoms with E-state index in [-0.39, 0.29) is 5.91 Å². The first-order chi connectivity index (χ1) is 10.2. The number of carbonyl (C=O) groups excluding carboxylic acids is 1. The fourth-order valence-corrected chi connectivity index (χ4v) is 3.73. The van der Waals surface area contributed by atoms with Gasteiger partial charge in [0.2, 0.25) is 0 Å². The van der Waals surface area contributed by atoms with Crippen molar-refractivity contribution in [2.45, 2.75) is 20.3 Å². The normalized spacial score (nSPS) is 10.6. The van der Waals surface area contributed by atoms with E-state index in [1.165, 1.54) is 0 Å². The van der Waals surface area contributed by atoms with Crippen LogP contribution >= 0.6 is 11.3 Å². The minimum atomic E-state index is 0.0973. The molecule has 21 heavy (non-hydrogen) atoms. The second kappa shape index (κ2) is 6.76. The van der Waals surface area contributed by atoms with Crippen molar-refractivity contribution in [3.63, 3.8) is 0 Å². The van der Waals surface area contributed by atoms with E-state index in [1.54, 1.807) is 18.4 Å². The molecule has 0 N–H and O–H groups in total. The van der Waals surface area contributed by atoms with Crippen molar-refractivity contribution in [3.05, 3.63) is 41.3 Å². The lowest BCUT2D eigenvalue weighted by atomic mass is 10.1. The first-order valence-corrected chi connectivity index (χ1v) is 7.98. The fourth-order valence-electron chi connectivity index (χ4n) is 2.51. The van der Waals surface area contributed by atoms with Crippen molar-refractivity contribution in [2.24, 2.45) is 0 Å². The van der Waals surface area contributed by atoms with Crippen LogP contribution in [-0.4, -0.2) is 31.0 Å². The van der Waals surface area contributed by atoms with Gasteiger partial charge in [-0.3, -0.25) is 4.79 Å². The van der Waals surface area contributed by atoms with Crippen molar-refractivity contribution >= 4 is 27.3 Å². The minimum Gasteiger partial charge on any atom is -0.496 e. The van der Waals surface area contributed by atoms with Crippen LogP contribution in [-0.2, 0) is 6.42 Å². The van der Waals surface area contributed by atoms with E-state index < -0.39 is 0 Å². The molecule has 0 aliphatic rings. The maximum atomic E-state index is 12.7. The summed E-state index contributed by atoms with van der Waals surface area (Å²) in [6, 6.07) is 5.93. The van der Waals surface area contributed by atoms with Gasteiger partial charge in [0, 0.05) is 23.2 Å². The number of allylic oxidation sites excluding steroid dienone is 1. The van der Waals surface area contributed by atoms with Gasteiger partial charge in [0.1, 0.15) is 5.75 Å². The zero-order valence-corrected chi connectivity index (χ0v) is 13.6. The largest absolute Gasteiger partial charge is 0.496 e. The number of thiophene rings is 1. The molecule has 0 aliphatic heterocycles. The van der Waals surface area contributed by atoms with Crippen LogP contribution in [0.5, 0.6) is 5.75 Å². The first kappa shape index (κ1) is 15.6. The van der Waals surface area contributed by atoms with Gasteiger partial charge >= 0.3 is 0 Å². The molecular weight excluding hydrogens is 282 g/mol.